The molecule has 0 bridgehead atoms. The minimum Gasteiger partial charge on any atom is -0.416 e. The summed E-state index contributed by atoms with van der Waals surface area (Å²) < 4.78 is 4.85. The Morgan fingerprint density at radius 2 is 1.35 bits per heavy atom. The summed E-state index contributed by atoms with van der Waals surface area (Å²) in [4.78, 5) is 13.9. The zero-order valence-electron chi connectivity index (χ0n) is 15.6. The predicted molar refractivity (Wildman–Crippen MR) is 98.0 cm³/mol. The van der Waals surface area contributed by atoms with E-state index in [2.05, 4.69) is 25.8 Å². The van der Waals surface area contributed by atoms with Crippen LogP contribution in [0.2, 0.25) is 0 Å². The molecule has 0 saturated carbocycles. The van der Waals surface area contributed by atoms with Crippen LogP contribution in [0.1, 0.15) is 110 Å². The maximum atomic E-state index is 11.1. The second-order valence-corrected chi connectivity index (χ2v) is 7.58. The van der Waals surface area contributed by atoms with Gasteiger partial charge < -0.3 is 4.42 Å². The van der Waals surface area contributed by atoms with E-state index in [1.807, 2.05) is 0 Å². The van der Waals surface area contributed by atoms with Gasteiger partial charge in [-0.3, -0.25) is 4.98 Å². The largest absolute Gasteiger partial charge is 0.416 e. The molecule has 0 aliphatic rings. The van der Waals surface area contributed by atoms with Gasteiger partial charge in [-0.1, -0.05) is 97.8 Å². The van der Waals surface area contributed by atoms with E-state index < -0.39 is 0 Å². The first-order valence-corrected chi connectivity index (χ1v) is 9.74. The molecule has 0 aliphatic carbocycles. The van der Waals surface area contributed by atoms with E-state index in [0.717, 1.165) is 12.1 Å². The number of H-pyrrole nitrogens is 1. The van der Waals surface area contributed by atoms with Crippen LogP contribution in [-0.2, 0) is 5.41 Å². The third-order valence-corrected chi connectivity index (χ3v) is 4.91. The maximum Gasteiger partial charge on any atom is 0.416 e. The molecular weight excluding hydrogens is 286 g/mol. The van der Waals surface area contributed by atoms with Crippen molar-refractivity contribution in [3.8, 4) is 0 Å². The molecule has 1 rings (SSSR count). The van der Waals surface area contributed by atoms with Gasteiger partial charge in [0.25, 0.3) is 0 Å². The summed E-state index contributed by atoms with van der Waals surface area (Å²) in [6.45, 7) is 6.62. The number of rotatable bonds is 14. The first-order chi connectivity index (χ1) is 11.1. The van der Waals surface area contributed by atoms with Gasteiger partial charge >= 0.3 is 5.76 Å². The first-order valence-electron chi connectivity index (χ1n) is 9.74. The van der Waals surface area contributed by atoms with Gasteiger partial charge in [-0.05, 0) is 6.42 Å². The van der Waals surface area contributed by atoms with Crippen LogP contribution in [0.25, 0.3) is 0 Å². The number of unbranched alkanes of at least 4 members (excludes halogenated alkanes) is 11. The molecule has 3 heteroatoms. The average molecular weight is 324 g/mol. The monoisotopic (exact) mass is 323 g/mol. The Balaban J connectivity index is 1.94. The van der Waals surface area contributed by atoms with Crippen molar-refractivity contribution in [1.82, 2.24) is 4.98 Å². The lowest BCUT2D eigenvalue weighted by Gasteiger charge is -2.22. The van der Waals surface area contributed by atoms with Gasteiger partial charge in [0.2, 0.25) is 0 Å². The number of nitrogens with one attached hydrogen (secondary N) is 1. The summed E-state index contributed by atoms with van der Waals surface area (Å²) in [5.41, 5.74) is 0.926. The summed E-state index contributed by atoms with van der Waals surface area (Å²) in [5.74, 6) is -0.345. The summed E-state index contributed by atoms with van der Waals surface area (Å²) in [6.07, 6.45) is 19.2. The molecule has 1 N–H and O–H groups in total. The average Bonchev–Trinajstić information content (AvgIpc) is 2.96. The minimum atomic E-state index is -0.345. The van der Waals surface area contributed by atoms with E-state index in [-0.39, 0.29) is 11.2 Å². The summed E-state index contributed by atoms with van der Waals surface area (Å²) >= 11 is 0. The first kappa shape index (κ1) is 20.1. The molecule has 1 aromatic rings. The zero-order chi connectivity index (χ0) is 17.0. The van der Waals surface area contributed by atoms with Crippen molar-refractivity contribution in [2.24, 2.45) is 0 Å². The molecule has 1 aromatic heterocycles. The van der Waals surface area contributed by atoms with Crippen LogP contribution in [0.15, 0.2) is 15.5 Å². The van der Waals surface area contributed by atoms with Gasteiger partial charge in [0.05, 0.1) is 5.69 Å². The molecular formula is C20H37NO2. The van der Waals surface area contributed by atoms with Crippen molar-refractivity contribution < 1.29 is 4.42 Å². The minimum absolute atomic E-state index is 0.00461. The van der Waals surface area contributed by atoms with Crippen LogP contribution < -0.4 is 5.76 Å². The Hall–Kier alpha value is -0.990. The summed E-state index contributed by atoms with van der Waals surface area (Å²) in [5, 5.41) is 0. The summed E-state index contributed by atoms with van der Waals surface area (Å²) in [6, 6.07) is 0. The molecule has 0 amide bonds. The SMILES string of the molecule is CCCCCCCCCCCCCCC(C)(C)c1coc(=O)[nH]1. The molecule has 1 heterocycles. The number of aromatic amines is 1. The van der Waals surface area contributed by atoms with E-state index in [9.17, 15) is 4.79 Å². The fraction of sp³-hybridized carbons (Fsp3) is 0.850. The van der Waals surface area contributed by atoms with Crippen LogP contribution in [0, 0.1) is 0 Å². The molecule has 3 nitrogen and oxygen atoms in total. The molecule has 0 unspecified atom stereocenters. The maximum absolute atomic E-state index is 11.1. The normalized spacial score (nSPS) is 12.0. The van der Waals surface area contributed by atoms with Crippen LogP contribution in [0.3, 0.4) is 0 Å². The van der Waals surface area contributed by atoms with Gasteiger partial charge in [0, 0.05) is 5.41 Å². The Kier molecular flexibility index (Phi) is 10.1. The molecule has 0 saturated heterocycles. The highest BCUT2D eigenvalue weighted by molar-refractivity contribution is 5.07. The van der Waals surface area contributed by atoms with Crippen LogP contribution in [0.4, 0.5) is 0 Å². The Bertz CT molecular complexity index is 444. The molecule has 0 spiro atoms. The number of aromatic nitrogens is 1. The van der Waals surface area contributed by atoms with Crippen molar-refractivity contribution in [2.75, 3.05) is 0 Å². The Morgan fingerprint density at radius 1 is 0.870 bits per heavy atom. The Labute approximate surface area is 142 Å². The van der Waals surface area contributed by atoms with Crippen LogP contribution in [-0.4, -0.2) is 4.98 Å². The molecule has 0 aliphatic heterocycles. The molecule has 0 atom stereocenters. The van der Waals surface area contributed by atoms with Crippen LogP contribution >= 0.6 is 0 Å². The van der Waals surface area contributed by atoms with Gasteiger partial charge in [-0.2, -0.15) is 0 Å². The lowest BCUT2D eigenvalue weighted by Crippen LogP contribution is -2.18. The molecule has 23 heavy (non-hydrogen) atoms. The van der Waals surface area contributed by atoms with Crippen LogP contribution in [0.5, 0.6) is 0 Å². The smallest absolute Gasteiger partial charge is 0.416 e. The van der Waals surface area contributed by atoms with Gasteiger partial charge in [0.1, 0.15) is 6.26 Å². The highest BCUT2D eigenvalue weighted by Crippen LogP contribution is 2.27. The van der Waals surface area contributed by atoms with Crippen molar-refractivity contribution >= 4 is 0 Å². The van der Waals surface area contributed by atoms with Gasteiger partial charge in [-0.15, -0.1) is 0 Å². The van der Waals surface area contributed by atoms with E-state index >= 15 is 0 Å². The van der Waals surface area contributed by atoms with Gasteiger partial charge in [-0.25, -0.2) is 4.79 Å². The fourth-order valence-corrected chi connectivity index (χ4v) is 3.15. The van der Waals surface area contributed by atoms with E-state index in [0.29, 0.717) is 0 Å². The van der Waals surface area contributed by atoms with E-state index in [1.165, 1.54) is 77.0 Å². The highest BCUT2D eigenvalue weighted by atomic mass is 16.4. The second-order valence-electron chi connectivity index (χ2n) is 7.58. The third kappa shape index (κ3) is 9.02. The quantitative estimate of drug-likeness (QED) is 0.406. The van der Waals surface area contributed by atoms with Crippen molar-refractivity contribution in [3.63, 3.8) is 0 Å². The third-order valence-electron chi connectivity index (χ3n) is 4.91. The molecule has 0 fully saturated rings. The zero-order valence-corrected chi connectivity index (χ0v) is 15.6. The van der Waals surface area contributed by atoms with Crippen molar-refractivity contribution in [3.05, 3.63) is 22.5 Å². The Morgan fingerprint density at radius 3 is 1.78 bits per heavy atom. The number of hydrogen-bond donors (Lipinski definition) is 1. The lowest BCUT2D eigenvalue weighted by atomic mass is 9.84. The second kappa shape index (κ2) is 11.5. The van der Waals surface area contributed by atoms with E-state index in [1.54, 1.807) is 6.26 Å². The number of hydrogen-bond acceptors (Lipinski definition) is 2. The summed E-state index contributed by atoms with van der Waals surface area (Å²) in [7, 11) is 0. The van der Waals surface area contributed by atoms with Crippen molar-refractivity contribution in [2.45, 2.75) is 110 Å². The molecule has 0 radical (unpaired) electrons. The molecule has 0 aromatic carbocycles. The predicted octanol–water partition coefficient (Wildman–Crippen LogP) is 6.34. The van der Waals surface area contributed by atoms with E-state index in [4.69, 9.17) is 4.42 Å². The standard InChI is InChI=1S/C20H37NO2/c1-4-5-6-7-8-9-10-11-12-13-14-15-16-20(2,3)18-17-23-19(22)21-18/h17H,4-16H2,1-3H3,(H,21,22). The van der Waals surface area contributed by atoms with Crippen molar-refractivity contribution in [1.29, 1.82) is 0 Å². The molecule has 134 valence electrons. The highest BCUT2D eigenvalue weighted by Gasteiger charge is 2.22. The topological polar surface area (TPSA) is 46.0 Å². The lowest BCUT2D eigenvalue weighted by molar-refractivity contribution is 0.428. The van der Waals surface area contributed by atoms with Gasteiger partial charge in [0.15, 0.2) is 0 Å². The fourth-order valence-electron chi connectivity index (χ4n) is 3.15. The number of oxazole rings is 1.